The van der Waals surface area contributed by atoms with Crippen LogP contribution in [0.5, 0.6) is 0 Å². The average molecular weight is 407 g/mol. The Morgan fingerprint density at radius 2 is 1.89 bits per heavy atom. The Balaban J connectivity index is 2.45. The van der Waals surface area contributed by atoms with Crippen molar-refractivity contribution >= 4 is 24.9 Å². The third kappa shape index (κ3) is 3.49. The first-order valence-electron chi connectivity index (χ1n) is 8.55. The van der Waals surface area contributed by atoms with Crippen molar-refractivity contribution in [3.05, 3.63) is 51.3 Å². The summed E-state index contributed by atoms with van der Waals surface area (Å²) in [7, 11) is -2.39. The van der Waals surface area contributed by atoms with Crippen LogP contribution in [0.15, 0.2) is 24.3 Å². The van der Waals surface area contributed by atoms with E-state index in [0.29, 0.717) is 17.8 Å². The Hall–Kier alpha value is -2.45. The molecule has 0 bridgehead atoms. The lowest BCUT2D eigenvalue weighted by molar-refractivity contribution is -0.384. The number of aromatic nitrogens is 1. The van der Waals surface area contributed by atoms with Gasteiger partial charge in [0.05, 0.1) is 40.1 Å². The molecule has 1 aliphatic heterocycles. The van der Waals surface area contributed by atoms with Crippen LogP contribution in [0.2, 0.25) is 0 Å². The molecule has 3 rings (SSSR count). The van der Waals surface area contributed by atoms with E-state index in [4.69, 9.17) is 13.8 Å². The van der Waals surface area contributed by atoms with Crippen LogP contribution in [0.4, 0.5) is 5.69 Å². The standard InChI is InChI=1S/C18H20N2O7P/c1-11-15(18(21)25-3)16(13-7-4-5-8-14(13)20(22)23)17(12(2)19-11)28(24)26-9-6-10-27-28/h4-5,7-8,24H,6,9-10H2,1-3H3/q+1. The van der Waals surface area contributed by atoms with Crippen molar-refractivity contribution in [3.63, 3.8) is 0 Å². The number of methoxy groups -OCH3 is 1. The van der Waals surface area contributed by atoms with Crippen molar-refractivity contribution < 1.29 is 28.4 Å². The summed E-state index contributed by atoms with van der Waals surface area (Å²) >= 11 is 0. The number of carbonyl (C=O) groups is 1. The number of hydrogen-bond acceptors (Lipinski definition) is 8. The average Bonchev–Trinajstić information content (AvgIpc) is 2.67. The van der Waals surface area contributed by atoms with Gasteiger partial charge in [0.25, 0.3) is 5.69 Å². The molecule has 1 aromatic heterocycles. The fourth-order valence-electron chi connectivity index (χ4n) is 3.25. The summed E-state index contributed by atoms with van der Waals surface area (Å²) in [5.41, 5.74) is 0.816. The van der Waals surface area contributed by atoms with Crippen LogP contribution >= 0.6 is 7.94 Å². The number of rotatable bonds is 4. The van der Waals surface area contributed by atoms with Crippen LogP contribution in [0.3, 0.4) is 0 Å². The van der Waals surface area contributed by atoms with Crippen LogP contribution in [-0.2, 0) is 13.8 Å². The number of ether oxygens (including phenoxy) is 1. The first kappa shape index (κ1) is 20.3. The van der Waals surface area contributed by atoms with Gasteiger partial charge in [-0.1, -0.05) is 12.1 Å². The van der Waals surface area contributed by atoms with Gasteiger partial charge in [-0.3, -0.25) is 15.1 Å². The number of benzene rings is 1. The molecule has 0 atom stereocenters. The van der Waals surface area contributed by atoms with Crippen molar-refractivity contribution in [1.82, 2.24) is 4.98 Å². The highest BCUT2D eigenvalue weighted by molar-refractivity contribution is 7.69. The highest BCUT2D eigenvalue weighted by atomic mass is 31.2. The predicted molar refractivity (Wildman–Crippen MR) is 102 cm³/mol. The monoisotopic (exact) mass is 407 g/mol. The number of esters is 1. The number of pyridine rings is 1. The van der Waals surface area contributed by atoms with Crippen molar-refractivity contribution in [2.24, 2.45) is 0 Å². The van der Waals surface area contributed by atoms with E-state index in [1.807, 2.05) is 0 Å². The van der Waals surface area contributed by atoms with Gasteiger partial charge in [0.15, 0.2) is 0 Å². The second kappa shape index (κ2) is 7.89. The van der Waals surface area contributed by atoms with E-state index in [2.05, 4.69) is 4.98 Å². The predicted octanol–water partition coefficient (Wildman–Crippen LogP) is 2.88. The van der Waals surface area contributed by atoms with Gasteiger partial charge in [0, 0.05) is 12.5 Å². The molecular formula is C18H20N2O7P+. The Kier molecular flexibility index (Phi) is 5.71. The zero-order valence-electron chi connectivity index (χ0n) is 15.7. The van der Waals surface area contributed by atoms with Gasteiger partial charge in [0.2, 0.25) is 5.30 Å². The minimum absolute atomic E-state index is 0.0311. The minimum Gasteiger partial charge on any atom is -0.465 e. The van der Waals surface area contributed by atoms with Gasteiger partial charge in [-0.2, -0.15) is 13.9 Å². The smallest absolute Gasteiger partial charge is 0.448 e. The molecule has 1 saturated heterocycles. The van der Waals surface area contributed by atoms with Crippen LogP contribution in [0.25, 0.3) is 11.1 Å². The normalized spacial score (nSPS) is 15.9. The SMILES string of the molecule is COC(=O)c1c(C)nc(C)c([P+]2(O)OCCCO2)c1-c1ccccc1[N+](=O)[O-]. The second-order valence-corrected chi connectivity index (χ2v) is 8.19. The molecule has 1 fully saturated rings. The molecule has 0 aliphatic carbocycles. The number of nitro benzene ring substituents is 1. The molecule has 0 amide bonds. The van der Waals surface area contributed by atoms with Crippen molar-refractivity contribution in [2.75, 3.05) is 20.3 Å². The first-order chi connectivity index (χ1) is 13.3. The molecule has 2 heterocycles. The van der Waals surface area contributed by atoms with E-state index in [1.54, 1.807) is 19.9 Å². The molecular weight excluding hydrogens is 387 g/mol. The van der Waals surface area contributed by atoms with Gasteiger partial charge < -0.3 is 4.74 Å². The quantitative estimate of drug-likeness (QED) is 0.355. The highest BCUT2D eigenvalue weighted by Gasteiger charge is 2.52. The molecule has 0 saturated carbocycles. The van der Waals surface area contributed by atoms with E-state index in [9.17, 15) is 19.8 Å². The summed E-state index contributed by atoms with van der Waals surface area (Å²) in [6.07, 6.45) is 0.603. The zero-order valence-corrected chi connectivity index (χ0v) is 16.6. The van der Waals surface area contributed by atoms with E-state index < -0.39 is 18.8 Å². The number of nitro groups is 1. The Morgan fingerprint density at radius 1 is 1.25 bits per heavy atom. The van der Waals surface area contributed by atoms with E-state index >= 15 is 0 Å². The molecule has 0 radical (unpaired) electrons. The van der Waals surface area contributed by atoms with Gasteiger partial charge in [-0.05, 0) is 19.9 Å². The van der Waals surface area contributed by atoms with Gasteiger partial charge in [-0.15, -0.1) is 0 Å². The third-order valence-corrected chi connectivity index (χ3v) is 6.57. The summed E-state index contributed by atoms with van der Waals surface area (Å²) in [4.78, 5) is 39.2. The lowest BCUT2D eigenvalue weighted by Crippen LogP contribution is -2.29. The number of aryl methyl sites for hydroxylation is 2. The molecule has 2 aromatic rings. The molecule has 1 aromatic carbocycles. The van der Waals surface area contributed by atoms with E-state index in [1.165, 1.54) is 25.3 Å². The second-order valence-electron chi connectivity index (χ2n) is 6.19. The maximum atomic E-state index is 12.6. The molecule has 0 spiro atoms. The summed E-state index contributed by atoms with van der Waals surface area (Å²) in [5.74, 6) is -0.719. The lowest BCUT2D eigenvalue weighted by Gasteiger charge is -2.25. The van der Waals surface area contributed by atoms with Crippen molar-refractivity contribution in [1.29, 1.82) is 0 Å². The van der Waals surface area contributed by atoms with Gasteiger partial charge in [-0.25, -0.2) is 4.79 Å². The lowest BCUT2D eigenvalue weighted by atomic mass is 9.96. The fraction of sp³-hybridized carbons (Fsp3) is 0.333. The fourth-order valence-corrected chi connectivity index (χ4v) is 5.31. The van der Waals surface area contributed by atoms with Crippen LogP contribution < -0.4 is 5.30 Å². The molecule has 1 aliphatic rings. The topological polar surface area (TPSA) is 121 Å². The van der Waals surface area contributed by atoms with Crippen molar-refractivity contribution in [2.45, 2.75) is 20.3 Å². The van der Waals surface area contributed by atoms with Gasteiger partial charge >= 0.3 is 13.9 Å². The molecule has 9 nitrogen and oxygen atoms in total. The number of para-hydroxylation sites is 1. The summed E-state index contributed by atoms with van der Waals surface area (Å²) in [6, 6.07) is 5.98. The van der Waals surface area contributed by atoms with Gasteiger partial charge in [0.1, 0.15) is 13.2 Å². The summed E-state index contributed by atoms with van der Waals surface area (Å²) in [6.45, 7) is 3.77. The molecule has 148 valence electrons. The highest BCUT2D eigenvalue weighted by Crippen LogP contribution is 2.60. The van der Waals surface area contributed by atoms with Crippen molar-refractivity contribution in [3.8, 4) is 11.1 Å². The van der Waals surface area contributed by atoms with Crippen LogP contribution in [0, 0.1) is 24.0 Å². The molecule has 10 heteroatoms. The van der Waals surface area contributed by atoms with Crippen LogP contribution in [-0.4, -0.2) is 41.1 Å². The summed E-state index contributed by atoms with van der Waals surface area (Å²) in [5, 5.41) is 11.8. The largest absolute Gasteiger partial charge is 0.465 e. The Morgan fingerprint density at radius 3 is 2.50 bits per heavy atom. The zero-order chi connectivity index (χ0) is 20.5. The minimum atomic E-state index is -3.60. The number of carbonyl (C=O) groups excluding carboxylic acids is 1. The first-order valence-corrected chi connectivity index (χ1v) is 10.1. The Bertz CT molecular complexity index is 942. The van der Waals surface area contributed by atoms with Crippen LogP contribution in [0.1, 0.15) is 28.2 Å². The molecule has 28 heavy (non-hydrogen) atoms. The maximum absolute atomic E-state index is 12.6. The number of hydrogen-bond donors (Lipinski definition) is 1. The molecule has 0 unspecified atom stereocenters. The third-order valence-electron chi connectivity index (χ3n) is 4.39. The van der Waals surface area contributed by atoms with E-state index in [0.717, 1.165) is 0 Å². The maximum Gasteiger partial charge on any atom is 0.448 e. The number of nitrogens with zero attached hydrogens (tertiary/aromatic N) is 2. The van der Waals surface area contributed by atoms with E-state index in [-0.39, 0.29) is 40.9 Å². The Labute approximate surface area is 162 Å². The summed E-state index contributed by atoms with van der Waals surface area (Å²) < 4.78 is 16.1. The molecule has 1 N–H and O–H groups in total.